The van der Waals surface area contributed by atoms with Crippen molar-refractivity contribution < 1.29 is 4.79 Å². The first-order valence-electron chi connectivity index (χ1n) is 7.31. The number of rotatable bonds is 4. The van der Waals surface area contributed by atoms with E-state index in [2.05, 4.69) is 4.98 Å². The first kappa shape index (κ1) is 17.8. The number of amides is 1. The van der Waals surface area contributed by atoms with E-state index in [1.54, 1.807) is 49.4 Å². The monoisotopic (exact) mass is 393 g/mol. The Balaban J connectivity index is 2.29. The molecule has 0 saturated carbocycles. The Labute approximate surface area is 157 Å². The number of nitrogens with two attached hydrogens (primary N) is 1. The second-order valence-corrected chi connectivity index (χ2v) is 7.52. The average molecular weight is 394 g/mol. The minimum Gasteiger partial charge on any atom is -0.369 e. The minimum absolute atomic E-state index is 0.261. The second kappa shape index (κ2) is 7.07. The highest BCUT2D eigenvalue weighted by atomic mass is 35.5. The van der Waals surface area contributed by atoms with E-state index in [4.69, 9.17) is 28.9 Å². The number of carbonyl (C=O) groups excluding carboxylic acids is 1. The van der Waals surface area contributed by atoms with Crippen molar-refractivity contribution >= 4 is 51.8 Å². The summed E-state index contributed by atoms with van der Waals surface area (Å²) < 4.78 is 1.44. The van der Waals surface area contributed by atoms with Crippen LogP contribution < -0.4 is 11.3 Å². The number of hydrogen-bond acceptors (Lipinski definition) is 4. The van der Waals surface area contributed by atoms with Crippen LogP contribution in [-0.2, 0) is 4.79 Å². The average Bonchev–Trinajstić information content (AvgIpc) is 2.56. The van der Waals surface area contributed by atoms with Gasteiger partial charge in [-0.1, -0.05) is 35.0 Å². The fourth-order valence-electron chi connectivity index (χ4n) is 2.25. The van der Waals surface area contributed by atoms with Crippen molar-refractivity contribution in [1.82, 2.24) is 9.55 Å². The Hall–Kier alpha value is -2.02. The van der Waals surface area contributed by atoms with Crippen molar-refractivity contribution in [2.45, 2.75) is 17.3 Å². The number of halogens is 2. The number of hydrogen-bond donors (Lipinski definition) is 1. The van der Waals surface area contributed by atoms with Gasteiger partial charge in [0.25, 0.3) is 5.56 Å². The zero-order valence-electron chi connectivity index (χ0n) is 13.1. The molecule has 1 atom stereocenters. The van der Waals surface area contributed by atoms with E-state index in [0.717, 1.165) is 11.8 Å². The van der Waals surface area contributed by atoms with Crippen LogP contribution in [0, 0.1) is 0 Å². The van der Waals surface area contributed by atoms with Crippen LogP contribution in [0.2, 0.25) is 10.0 Å². The van der Waals surface area contributed by atoms with Gasteiger partial charge in [-0.15, -0.1) is 0 Å². The van der Waals surface area contributed by atoms with Gasteiger partial charge in [0.15, 0.2) is 5.16 Å². The molecular weight excluding hydrogens is 381 g/mol. The standard InChI is InChI=1S/C17H13Cl2N3O2S/c1-9(15(20)23)25-17-21-14-8-11(19)4-7-13(14)16(24)22(17)12-5-2-10(18)3-6-12/h2-9H,1H3,(H2,20,23)/t9-/m1/s1. The molecule has 0 fully saturated rings. The van der Waals surface area contributed by atoms with Gasteiger partial charge in [-0.25, -0.2) is 4.98 Å². The van der Waals surface area contributed by atoms with E-state index in [9.17, 15) is 9.59 Å². The Morgan fingerprint density at radius 1 is 1.16 bits per heavy atom. The molecule has 3 rings (SSSR count). The summed E-state index contributed by atoms with van der Waals surface area (Å²) in [4.78, 5) is 29.0. The fourth-order valence-corrected chi connectivity index (χ4v) is 3.42. The number of carbonyl (C=O) groups is 1. The van der Waals surface area contributed by atoms with Crippen LogP contribution in [0.25, 0.3) is 16.6 Å². The van der Waals surface area contributed by atoms with E-state index in [1.807, 2.05) is 0 Å². The van der Waals surface area contributed by atoms with Gasteiger partial charge in [-0.2, -0.15) is 0 Å². The normalized spacial score (nSPS) is 12.3. The van der Waals surface area contributed by atoms with Crippen molar-refractivity contribution in [2.24, 2.45) is 5.73 Å². The molecule has 25 heavy (non-hydrogen) atoms. The first-order valence-corrected chi connectivity index (χ1v) is 8.94. The number of aromatic nitrogens is 2. The molecule has 8 heteroatoms. The van der Waals surface area contributed by atoms with Crippen molar-refractivity contribution in [3.63, 3.8) is 0 Å². The molecule has 1 aromatic heterocycles. The molecule has 1 heterocycles. The third kappa shape index (κ3) is 3.66. The third-order valence-electron chi connectivity index (χ3n) is 3.57. The topological polar surface area (TPSA) is 78.0 Å². The van der Waals surface area contributed by atoms with E-state index in [0.29, 0.717) is 31.8 Å². The first-order chi connectivity index (χ1) is 11.9. The van der Waals surface area contributed by atoms with Gasteiger partial charge in [0.05, 0.1) is 21.8 Å². The highest BCUT2D eigenvalue weighted by Gasteiger charge is 2.18. The molecule has 5 nitrogen and oxygen atoms in total. The SMILES string of the molecule is C[C@@H](Sc1nc2cc(Cl)ccc2c(=O)n1-c1ccc(Cl)cc1)C(N)=O. The van der Waals surface area contributed by atoms with Crippen LogP contribution >= 0.6 is 35.0 Å². The molecule has 0 bridgehead atoms. The maximum absolute atomic E-state index is 13.0. The molecule has 128 valence electrons. The Bertz CT molecular complexity index is 1020. The maximum atomic E-state index is 13.0. The highest BCUT2D eigenvalue weighted by molar-refractivity contribution is 8.00. The van der Waals surface area contributed by atoms with Crippen molar-refractivity contribution in [1.29, 1.82) is 0 Å². The Kier molecular flexibility index (Phi) is 5.03. The number of benzene rings is 2. The van der Waals surface area contributed by atoms with E-state index >= 15 is 0 Å². The van der Waals surface area contributed by atoms with Crippen molar-refractivity contribution in [3.05, 3.63) is 62.9 Å². The summed E-state index contributed by atoms with van der Waals surface area (Å²) >= 11 is 13.1. The number of fused-ring (bicyclic) bond motifs is 1. The second-order valence-electron chi connectivity index (χ2n) is 5.34. The van der Waals surface area contributed by atoms with E-state index in [-0.39, 0.29) is 5.56 Å². The van der Waals surface area contributed by atoms with E-state index < -0.39 is 11.2 Å². The minimum atomic E-state index is -0.554. The summed E-state index contributed by atoms with van der Waals surface area (Å²) in [5.74, 6) is -0.493. The molecule has 3 aromatic rings. The van der Waals surface area contributed by atoms with Crippen LogP contribution in [0.15, 0.2) is 52.4 Å². The number of primary amides is 1. The van der Waals surface area contributed by atoms with Gasteiger partial charge >= 0.3 is 0 Å². The van der Waals surface area contributed by atoms with Crippen LogP contribution in [-0.4, -0.2) is 20.7 Å². The van der Waals surface area contributed by atoms with Crippen molar-refractivity contribution in [3.8, 4) is 5.69 Å². The summed E-state index contributed by atoms with van der Waals surface area (Å²) in [5, 5.41) is 1.26. The largest absolute Gasteiger partial charge is 0.369 e. The molecule has 1 amide bonds. The number of thioether (sulfide) groups is 1. The smallest absolute Gasteiger partial charge is 0.266 e. The van der Waals surface area contributed by atoms with E-state index in [1.165, 1.54) is 4.57 Å². The predicted octanol–water partition coefficient (Wildman–Crippen LogP) is 3.66. The van der Waals surface area contributed by atoms with Crippen LogP contribution in [0.4, 0.5) is 0 Å². The summed E-state index contributed by atoms with van der Waals surface area (Å²) in [6.07, 6.45) is 0. The molecule has 0 saturated heterocycles. The lowest BCUT2D eigenvalue weighted by molar-refractivity contribution is -0.117. The Morgan fingerprint density at radius 3 is 2.44 bits per heavy atom. The summed E-state index contributed by atoms with van der Waals surface area (Å²) in [5.41, 5.74) is 6.15. The molecule has 2 aromatic carbocycles. The summed E-state index contributed by atoms with van der Waals surface area (Å²) in [6, 6.07) is 11.7. The molecule has 0 radical (unpaired) electrons. The fraction of sp³-hybridized carbons (Fsp3) is 0.118. The number of nitrogens with zero attached hydrogens (tertiary/aromatic N) is 2. The van der Waals surface area contributed by atoms with Gasteiger partial charge in [0.1, 0.15) is 0 Å². The molecule has 2 N–H and O–H groups in total. The quantitative estimate of drug-likeness (QED) is 0.541. The van der Waals surface area contributed by atoms with Gasteiger partial charge in [0.2, 0.25) is 5.91 Å². The maximum Gasteiger partial charge on any atom is 0.266 e. The van der Waals surface area contributed by atoms with Crippen LogP contribution in [0.3, 0.4) is 0 Å². The zero-order valence-corrected chi connectivity index (χ0v) is 15.4. The zero-order chi connectivity index (χ0) is 18.1. The Morgan fingerprint density at radius 2 is 1.80 bits per heavy atom. The summed E-state index contributed by atoms with van der Waals surface area (Å²) in [7, 11) is 0. The highest BCUT2D eigenvalue weighted by Crippen LogP contribution is 2.26. The molecule has 0 spiro atoms. The molecule has 0 aliphatic rings. The van der Waals surface area contributed by atoms with Gasteiger partial charge < -0.3 is 5.73 Å². The lowest BCUT2D eigenvalue weighted by Gasteiger charge is -2.15. The van der Waals surface area contributed by atoms with Gasteiger partial charge in [0, 0.05) is 10.0 Å². The van der Waals surface area contributed by atoms with Gasteiger partial charge in [-0.3, -0.25) is 14.2 Å². The molecule has 0 aliphatic carbocycles. The third-order valence-corrected chi connectivity index (χ3v) is 5.13. The lowest BCUT2D eigenvalue weighted by Crippen LogP contribution is -2.26. The molecular formula is C17H13Cl2N3O2S. The van der Waals surface area contributed by atoms with Crippen molar-refractivity contribution in [2.75, 3.05) is 0 Å². The molecule has 0 unspecified atom stereocenters. The summed E-state index contributed by atoms with van der Waals surface area (Å²) in [6.45, 7) is 1.66. The van der Waals surface area contributed by atoms with Gasteiger partial charge in [-0.05, 0) is 49.4 Å². The predicted molar refractivity (Wildman–Crippen MR) is 102 cm³/mol. The lowest BCUT2D eigenvalue weighted by atomic mass is 10.2. The van der Waals surface area contributed by atoms with Crippen LogP contribution in [0.1, 0.15) is 6.92 Å². The van der Waals surface area contributed by atoms with Crippen LogP contribution in [0.5, 0.6) is 0 Å². The molecule has 0 aliphatic heterocycles.